The Morgan fingerprint density at radius 3 is 2.00 bits per heavy atom. The van der Waals surface area contributed by atoms with Gasteiger partial charge < -0.3 is 4.74 Å². The summed E-state index contributed by atoms with van der Waals surface area (Å²) < 4.78 is 4.08. The van der Waals surface area contributed by atoms with Crippen LogP contribution in [-0.2, 0) is 9.53 Å². The highest BCUT2D eigenvalue weighted by molar-refractivity contribution is 7.82. The highest BCUT2D eigenvalue weighted by Crippen LogP contribution is 2.14. The van der Waals surface area contributed by atoms with Crippen molar-refractivity contribution >= 4 is 18.6 Å². The summed E-state index contributed by atoms with van der Waals surface area (Å²) in [5, 5.41) is 0. The Morgan fingerprint density at radius 1 is 1.50 bits per heavy atom. The predicted octanol–water partition coefficient (Wildman–Crippen LogP) is 1.91. The molecule has 0 aromatic heterocycles. The van der Waals surface area contributed by atoms with Crippen LogP contribution in [-0.4, -0.2) is 16.8 Å². The molecule has 0 atom stereocenters. The fraction of sp³-hybridized carbons (Fsp3) is 0.857. The Balaban J connectivity index is 3.87. The molecule has 59 valence electrons. The lowest BCUT2D eigenvalue weighted by Crippen LogP contribution is -2.29. The molecule has 0 aromatic rings. The molecule has 0 unspecified atom stereocenters. The summed E-state index contributed by atoms with van der Waals surface area (Å²) >= 11 is 4.85. The first-order valence-corrected chi connectivity index (χ1v) is 3.66. The molecule has 0 aliphatic rings. The Labute approximate surface area is 67.4 Å². The van der Waals surface area contributed by atoms with E-state index < -0.39 is 4.75 Å². The first-order valence-electron chi connectivity index (χ1n) is 3.25. The minimum absolute atomic E-state index is 0.0743. The third-order valence-corrected chi connectivity index (χ3v) is 1.00. The SMILES string of the molecule is CC(C)OC(=O)C(C)(C)[S]. The van der Waals surface area contributed by atoms with Crippen LogP contribution in [0, 0.1) is 0 Å². The summed E-state index contributed by atoms with van der Waals surface area (Å²) in [5.74, 6) is -0.322. The maximum atomic E-state index is 10.9. The Hall–Kier alpha value is -0.180. The van der Waals surface area contributed by atoms with Gasteiger partial charge in [0, 0.05) is 0 Å². The van der Waals surface area contributed by atoms with Crippen LogP contribution in [0.5, 0.6) is 0 Å². The van der Waals surface area contributed by atoms with E-state index in [1.165, 1.54) is 0 Å². The van der Waals surface area contributed by atoms with Crippen molar-refractivity contribution in [3.63, 3.8) is 0 Å². The molecule has 3 heteroatoms. The van der Waals surface area contributed by atoms with Crippen LogP contribution in [0.1, 0.15) is 27.7 Å². The summed E-state index contributed by atoms with van der Waals surface area (Å²) in [7, 11) is 0. The van der Waals surface area contributed by atoms with E-state index in [4.69, 9.17) is 17.4 Å². The summed E-state index contributed by atoms with van der Waals surface area (Å²) in [6, 6.07) is 0. The van der Waals surface area contributed by atoms with Crippen molar-refractivity contribution < 1.29 is 9.53 Å². The average Bonchev–Trinajstić information content (AvgIpc) is 1.60. The number of ether oxygens (including phenoxy) is 1. The first-order chi connectivity index (χ1) is 4.34. The van der Waals surface area contributed by atoms with E-state index in [1.807, 2.05) is 0 Å². The predicted molar refractivity (Wildman–Crippen MR) is 42.9 cm³/mol. The van der Waals surface area contributed by atoms with Crippen molar-refractivity contribution in [2.75, 3.05) is 0 Å². The third kappa shape index (κ3) is 3.77. The van der Waals surface area contributed by atoms with Gasteiger partial charge in [-0.1, -0.05) is 12.6 Å². The topological polar surface area (TPSA) is 26.3 Å². The van der Waals surface area contributed by atoms with Gasteiger partial charge in [0.05, 0.1) is 6.10 Å². The summed E-state index contributed by atoms with van der Waals surface area (Å²) in [4.78, 5) is 10.9. The van der Waals surface area contributed by atoms with E-state index in [9.17, 15) is 4.79 Å². The molecule has 0 saturated heterocycles. The van der Waals surface area contributed by atoms with E-state index in [0.29, 0.717) is 0 Å². The van der Waals surface area contributed by atoms with E-state index in [-0.39, 0.29) is 12.1 Å². The molecule has 0 fully saturated rings. The van der Waals surface area contributed by atoms with Gasteiger partial charge in [0.1, 0.15) is 4.75 Å². The summed E-state index contributed by atoms with van der Waals surface area (Å²) in [6.07, 6.45) is -0.0743. The molecule has 0 aliphatic heterocycles. The van der Waals surface area contributed by atoms with Crippen LogP contribution in [0.2, 0.25) is 0 Å². The van der Waals surface area contributed by atoms with Crippen LogP contribution in [0.3, 0.4) is 0 Å². The number of hydrogen-bond acceptors (Lipinski definition) is 2. The molecule has 0 N–H and O–H groups in total. The van der Waals surface area contributed by atoms with Crippen LogP contribution in [0.25, 0.3) is 0 Å². The number of carbonyl (C=O) groups is 1. The molecule has 2 nitrogen and oxygen atoms in total. The molecule has 0 saturated carbocycles. The minimum atomic E-state index is -0.787. The molecule has 1 radical (unpaired) electrons. The molecule has 0 bridgehead atoms. The average molecular weight is 161 g/mol. The Morgan fingerprint density at radius 2 is 1.90 bits per heavy atom. The van der Waals surface area contributed by atoms with Crippen LogP contribution < -0.4 is 0 Å². The monoisotopic (exact) mass is 161 g/mol. The molecule has 0 aromatic carbocycles. The zero-order chi connectivity index (χ0) is 8.36. The minimum Gasteiger partial charge on any atom is -0.462 e. The van der Waals surface area contributed by atoms with Gasteiger partial charge >= 0.3 is 5.97 Å². The van der Waals surface area contributed by atoms with Gasteiger partial charge in [-0.3, -0.25) is 4.79 Å². The van der Waals surface area contributed by atoms with E-state index >= 15 is 0 Å². The van der Waals surface area contributed by atoms with Gasteiger partial charge in [-0.2, -0.15) is 0 Å². The Kier molecular flexibility index (Phi) is 3.22. The number of esters is 1. The number of carbonyl (C=O) groups excluding carboxylic acids is 1. The molecule has 0 spiro atoms. The zero-order valence-electron chi connectivity index (χ0n) is 6.80. The van der Waals surface area contributed by atoms with E-state index in [0.717, 1.165) is 0 Å². The molecule has 10 heavy (non-hydrogen) atoms. The lowest BCUT2D eigenvalue weighted by atomic mass is 10.2. The first kappa shape index (κ1) is 9.82. The van der Waals surface area contributed by atoms with Crippen molar-refractivity contribution in [3.05, 3.63) is 0 Å². The number of hydrogen-bond donors (Lipinski definition) is 0. The molecular formula is C7H13O2S. The van der Waals surface area contributed by atoms with E-state index in [1.54, 1.807) is 27.7 Å². The lowest BCUT2D eigenvalue weighted by Gasteiger charge is -2.16. The summed E-state index contributed by atoms with van der Waals surface area (Å²) in [6.45, 7) is 6.93. The fourth-order valence-electron chi connectivity index (χ4n) is 0.356. The van der Waals surface area contributed by atoms with Crippen LogP contribution in [0.4, 0.5) is 0 Å². The number of rotatable bonds is 2. The van der Waals surface area contributed by atoms with Crippen molar-refractivity contribution in [2.45, 2.75) is 38.5 Å². The zero-order valence-corrected chi connectivity index (χ0v) is 7.62. The highest BCUT2D eigenvalue weighted by atomic mass is 32.1. The van der Waals surface area contributed by atoms with Gasteiger partial charge in [-0.05, 0) is 27.7 Å². The maximum absolute atomic E-state index is 10.9. The molecule has 0 heterocycles. The van der Waals surface area contributed by atoms with Gasteiger partial charge in [-0.25, -0.2) is 0 Å². The van der Waals surface area contributed by atoms with E-state index in [2.05, 4.69) is 0 Å². The Bertz CT molecular complexity index is 124. The smallest absolute Gasteiger partial charge is 0.322 e. The maximum Gasteiger partial charge on any atom is 0.322 e. The standard InChI is InChI=1S/C7H13O2S/c1-5(2)9-6(8)7(3,4)10/h5H,1-4H3. The normalized spacial score (nSPS) is 11.8. The molecule has 0 amide bonds. The third-order valence-electron chi connectivity index (χ3n) is 0.834. The second-order valence-electron chi connectivity index (χ2n) is 2.96. The molecule has 0 rings (SSSR count). The fourth-order valence-corrected chi connectivity index (χ4v) is 0.404. The quantitative estimate of drug-likeness (QED) is 0.578. The molecule has 0 aliphatic carbocycles. The van der Waals surface area contributed by atoms with Gasteiger partial charge in [-0.15, -0.1) is 0 Å². The lowest BCUT2D eigenvalue weighted by molar-refractivity contribution is -0.149. The molecular weight excluding hydrogens is 148 g/mol. The van der Waals surface area contributed by atoms with Gasteiger partial charge in [0.15, 0.2) is 0 Å². The summed E-state index contributed by atoms with van der Waals surface area (Å²) in [5.41, 5.74) is 0. The van der Waals surface area contributed by atoms with Crippen molar-refractivity contribution in [3.8, 4) is 0 Å². The van der Waals surface area contributed by atoms with Crippen molar-refractivity contribution in [1.82, 2.24) is 0 Å². The largest absolute Gasteiger partial charge is 0.462 e. The highest BCUT2D eigenvalue weighted by Gasteiger charge is 2.25. The van der Waals surface area contributed by atoms with Crippen LogP contribution in [0.15, 0.2) is 0 Å². The second kappa shape index (κ2) is 3.28. The van der Waals surface area contributed by atoms with Gasteiger partial charge in [0.2, 0.25) is 0 Å². The van der Waals surface area contributed by atoms with Gasteiger partial charge in [0.25, 0.3) is 0 Å². The second-order valence-corrected chi connectivity index (χ2v) is 3.98. The van der Waals surface area contributed by atoms with Crippen molar-refractivity contribution in [2.24, 2.45) is 0 Å². The van der Waals surface area contributed by atoms with Crippen LogP contribution >= 0.6 is 12.6 Å². The van der Waals surface area contributed by atoms with Crippen molar-refractivity contribution in [1.29, 1.82) is 0 Å².